The van der Waals surface area contributed by atoms with Gasteiger partial charge < -0.3 is 20.0 Å². The van der Waals surface area contributed by atoms with Gasteiger partial charge in [-0.15, -0.1) is 0 Å². The summed E-state index contributed by atoms with van der Waals surface area (Å²) in [6.45, 7) is 3.03. The third kappa shape index (κ3) is 6.47. The summed E-state index contributed by atoms with van der Waals surface area (Å²) < 4.78 is 0. The quantitative estimate of drug-likeness (QED) is 0.133. The summed E-state index contributed by atoms with van der Waals surface area (Å²) in [5.41, 5.74) is 16.9. The Labute approximate surface area is 388 Å². The summed E-state index contributed by atoms with van der Waals surface area (Å²) in [4.78, 5) is 30.9. The van der Waals surface area contributed by atoms with Crippen molar-refractivity contribution in [3.63, 3.8) is 0 Å². The number of hydrogen-bond acceptors (Lipinski definition) is 7. The number of carbonyl (C=O) groups excluding carboxylic acids is 1. The summed E-state index contributed by atoms with van der Waals surface area (Å²) >= 11 is 0. The normalized spacial score (nSPS) is 26.5. The minimum atomic E-state index is -0.524. The monoisotopic (exact) mass is 870 g/mol. The van der Waals surface area contributed by atoms with Gasteiger partial charge in [-0.1, -0.05) is 72.8 Å². The van der Waals surface area contributed by atoms with Crippen LogP contribution in [0.15, 0.2) is 109 Å². The molecule has 0 bridgehead atoms. The standard InChI is InChI=1S/C59H58N4O3/c64-53-31-58(47-19-17-39(29-45(47)53)43-7-3-1-5-41(43)35-9-10-35)25-27-62(33-58)51-23-21-49(37-13-14-37)60-55(51)57(66)56-52(24-22-50(61-56)38-15-16-38)63-28-26-59(34-63)32-54(65)46-30-40(18-20-48(46)59)44-8-4-2-6-42(44)36-11-12-36/h1-8,17-24,29-30,35-38,53-54,64-65H,9-16,25-28,31-34H2. The lowest BCUT2D eigenvalue weighted by atomic mass is 9.80. The van der Waals surface area contributed by atoms with Gasteiger partial charge in [-0.2, -0.15) is 0 Å². The first-order chi connectivity index (χ1) is 32.3. The molecule has 66 heavy (non-hydrogen) atoms. The molecule has 7 heteroatoms. The first-order valence-corrected chi connectivity index (χ1v) is 25.2. The van der Waals surface area contributed by atoms with Crippen molar-refractivity contribution >= 4 is 17.2 Å². The van der Waals surface area contributed by atoms with Crippen LogP contribution in [-0.4, -0.2) is 52.1 Å². The Morgan fingerprint density at radius 2 is 0.924 bits per heavy atom. The van der Waals surface area contributed by atoms with E-state index in [4.69, 9.17) is 9.97 Å². The number of benzene rings is 4. The van der Waals surface area contributed by atoms with E-state index in [1.807, 2.05) is 0 Å². The summed E-state index contributed by atoms with van der Waals surface area (Å²) in [7, 11) is 0. The topological polar surface area (TPSA) is 89.8 Å². The van der Waals surface area contributed by atoms with Gasteiger partial charge in [-0.05, 0) is 181 Å². The van der Waals surface area contributed by atoms with Crippen LogP contribution >= 0.6 is 0 Å². The minimum Gasteiger partial charge on any atom is -0.388 e. The van der Waals surface area contributed by atoms with Crippen molar-refractivity contribution in [2.45, 2.75) is 124 Å². The van der Waals surface area contributed by atoms with Crippen LogP contribution in [-0.2, 0) is 10.8 Å². The molecule has 2 aliphatic heterocycles. The summed E-state index contributed by atoms with van der Waals surface area (Å²) in [5.74, 6) is 1.99. The number of pyridine rings is 2. The van der Waals surface area contributed by atoms with Crippen molar-refractivity contribution in [3.8, 4) is 22.3 Å². The summed E-state index contributed by atoms with van der Waals surface area (Å²) in [6.07, 6.45) is 11.6. The van der Waals surface area contributed by atoms with Gasteiger partial charge in [0, 0.05) is 60.2 Å². The maximum absolute atomic E-state index is 15.6. The van der Waals surface area contributed by atoms with Gasteiger partial charge >= 0.3 is 0 Å². The van der Waals surface area contributed by atoms with Crippen LogP contribution in [0.2, 0.25) is 0 Å². The number of carbonyl (C=O) groups is 1. The SMILES string of the molecule is O=C(c1nc(C2CC2)ccc1N1CCC2(CC(O)c3cc(-c4ccccc4C4CC4)ccc32)C1)c1nc(C2CC2)ccc1N1CCC2(CC(O)c3cc(-c4ccccc4C4CC4)ccc32)C1. The number of hydrogen-bond donors (Lipinski definition) is 2. The van der Waals surface area contributed by atoms with E-state index in [0.717, 1.165) is 98.6 Å². The Balaban J connectivity index is 0.787. The minimum absolute atomic E-state index is 0.0939. The molecule has 0 amide bonds. The number of rotatable bonds is 10. The molecule has 4 heterocycles. The number of ketones is 1. The van der Waals surface area contributed by atoms with Gasteiger partial charge in [0.1, 0.15) is 11.4 Å². The second-order valence-electron chi connectivity index (χ2n) is 21.8. The maximum atomic E-state index is 15.6. The fourth-order valence-electron chi connectivity index (χ4n) is 13.2. The average molecular weight is 871 g/mol. The molecule has 4 aromatic carbocycles. The van der Waals surface area contributed by atoms with E-state index in [9.17, 15) is 10.2 Å². The lowest BCUT2D eigenvalue weighted by molar-refractivity contribution is 0.103. The highest BCUT2D eigenvalue weighted by Crippen LogP contribution is 2.55. The molecule has 2 spiro atoms. The van der Waals surface area contributed by atoms with Crippen molar-refractivity contribution in [1.29, 1.82) is 0 Å². The number of nitrogens with zero attached hydrogens (tertiary/aromatic N) is 4. The van der Waals surface area contributed by atoms with Gasteiger partial charge in [0.2, 0.25) is 5.78 Å². The van der Waals surface area contributed by atoms with Crippen LogP contribution in [0.4, 0.5) is 11.4 Å². The van der Waals surface area contributed by atoms with Crippen LogP contribution in [0.25, 0.3) is 22.3 Å². The molecule has 4 saturated carbocycles. The van der Waals surface area contributed by atoms with Crippen LogP contribution < -0.4 is 9.80 Å². The van der Waals surface area contributed by atoms with E-state index in [0.29, 0.717) is 47.9 Å². The van der Waals surface area contributed by atoms with E-state index in [2.05, 4.69) is 119 Å². The molecular weight excluding hydrogens is 813 g/mol. The van der Waals surface area contributed by atoms with Crippen LogP contribution in [0.3, 0.4) is 0 Å². The van der Waals surface area contributed by atoms with Gasteiger partial charge in [0.25, 0.3) is 0 Å². The van der Waals surface area contributed by atoms with E-state index in [1.165, 1.54) is 70.2 Å². The largest absolute Gasteiger partial charge is 0.388 e. The second kappa shape index (κ2) is 14.7. The lowest BCUT2D eigenvalue weighted by Gasteiger charge is -2.28. The maximum Gasteiger partial charge on any atom is 0.233 e. The fourth-order valence-corrected chi connectivity index (χ4v) is 13.2. The van der Waals surface area contributed by atoms with Crippen LogP contribution in [0, 0.1) is 0 Å². The zero-order valence-electron chi connectivity index (χ0n) is 37.8. The number of aliphatic hydroxyl groups excluding tert-OH is 2. The molecule has 4 atom stereocenters. The molecule has 6 fully saturated rings. The Hall–Kier alpha value is -5.63. The third-order valence-corrected chi connectivity index (χ3v) is 17.3. The predicted octanol–water partition coefficient (Wildman–Crippen LogP) is 11.7. The number of aliphatic hydroxyl groups is 2. The third-order valence-electron chi connectivity index (χ3n) is 17.3. The van der Waals surface area contributed by atoms with E-state index >= 15 is 4.79 Å². The zero-order valence-corrected chi connectivity index (χ0v) is 37.8. The molecule has 2 aromatic heterocycles. The predicted molar refractivity (Wildman–Crippen MR) is 260 cm³/mol. The van der Waals surface area contributed by atoms with Crippen molar-refractivity contribution in [1.82, 2.24) is 9.97 Å². The van der Waals surface area contributed by atoms with E-state index < -0.39 is 12.2 Å². The Morgan fingerprint density at radius 3 is 1.35 bits per heavy atom. The highest BCUT2D eigenvalue weighted by atomic mass is 16.3. The van der Waals surface area contributed by atoms with Crippen molar-refractivity contribution in [2.24, 2.45) is 0 Å². The average Bonchev–Trinajstić information content (AvgIpc) is 4.15. The molecular formula is C59H58N4O3. The molecule has 4 unspecified atom stereocenters. The van der Waals surface area contributed by atoms with Crippen molar-refractivity contribution in [2.75, 3.05) is 36.0 Å². The van der Waals surface area contributed by atoms with Gasteiger partial charge in [0.05, 0.1) is 23.6 Å². The highest BCUT2D eigenvalue weighted by molar-refractivity contribution is 6.13. The molecule has 332 valence electrons. The van der Waals surface area contributed by atoms with Gasteiger partial charge in [0.15, 0.2) is 0 Å². The molecule has 2 N–H and O–H groups in total. The summed E-state index contributed by atoms with van der Waals surface area (Å²) in [6, 6.07) is 40.0. The Morgan fingerprint density at radius 1 is 0.500 bits per heavy atom. The van der Waals surface area contributed by atoms with Gasteiger partial charge in [-0.25, -0.2) is 9.97 Å². The molecule has 6 aliphatic carbocycles. The second-order valence-corrected chi connectivity index (χ2v) is 21.8. The summed E-state index contributed by atoms with van der Waals surface area (Å²) in [5, 5.41) is 23.5. The van der Waals surface area contributed by atoms with Crippen LogP contribution in [0.5, 0.6) is 0 Å². The smallest absolute Gasteiger partial charge is 0.233 e. The van der Waals surface area contributed by atoms with Gasteiger partial charge in [-0.3, -0.25) is 4.79 Å². The number of anilines is 2. The fraction of sp³-hybridized carbons (Fsp3) is 0.407. The first kappa shape index (κ1) is 39.5. The molecule has 0 radical (unpaired) electrons. The first-order valence-electron chi connectivity index (χ1n) is 25.2. The van der Waals surface area contributed by atoms with Crippen LogP contribution in [0.1, 0.15) is 174 Å². The van der Waals surface area contributed by atoms with Crippen molar-refractivity contribution in [3.05, 3.63) is 165 Å². The number of fused-ring (bicyclic) bond motifs is 4. The number of aromatic nitrogens is 2. The molecule has 6 aromatic rings. The van der Waals surface area contributed by atoms with Crippen molar-refractivity contribution < 1.29 is 15.0 Å². The lowest BCUT2D eigenvalue weighted by Crippen LogP contribution is -2.31. The highest BCUT2D eigenvalue weighted by Gasteiger charge is 2.50. The zero-order chi connectivity index (χ0) is 43.9. The van der Waals surface area contributed by atoms with E-state index in [-0.39, 0.29) is 16.6 Å². The van der Waals surface area contributed by atoms with E-state index in [1.54, 1.807) is 0 Å². The molecule has 7 nitrogen and oxygen atoms in total. The Kier molecular flexibility index (Phi) is 8.79. The molecule has 14 rings (SSSR count). The molecule has 8 aliphatic rings. The Bertz CT molecular complexity index is 2780. The molecule has 2 saturated heterocycles.